The molecule has 16 heavy (non-hydrogen) atoms. The van der Waals surface area contributed by atoms with E-state index in [-0.39, 0.29) is 0 Å². The van der Waals surface area contributed by atoms with E-state index in [4.69, 9.17) is 12.2 Å². The van der Waals surface area contributed by atoms with Gasteiger partial charge in [-0.15, -0.1) is 0 Å². The van der Waals surface area contributed by atoms with Crippen LogP contribution in [0.4, 0.5) is 0 Å². The fourth-order valence-corrected chi connectivity index (χ4v) is 5.62. The Hall–Kier alpha value is 0.305. The molecule has 2 aliphatic heterocycles. The van der Waals surface area contributed by atoms with Crippen LogP contribution in [0.2, 0.25) is 10.6 Å². The molecular formula is C12H19BNS2. The molecule has 4 heteroatoms. The largest absolute Gasteiger partial charge is 0.356 e. The van der Waals surface area contributed by atoms with E-state index in [1.165, 1.54) is 25.7 Å². The van der Waals surface area contributed by atoms with Gasteiger partial charge in [-0.1, -0.05) is 61.3 Å². The van der Waals surface area contributed by atoms with E-state index in [9.17, 15) is 0 Å². The van der Waals surface area contributed by atoms with Crippen molar-refractivity contribution in [3.8, 4) is 0 Å². The summed E-state index contributed by atoms with van der Waals surface area (Å²) in [7, 11) is 4.77. The van der Waals surface area contributed by atoms with Crippen molar-refractivity contribution in [2.75, 3.05) is 7.05 Å². The second-order valence-corrected chi connectivity index (χ2v) is 8.05. The lowest BCUT2D eigenvalue weighted by Crippen LogP contribution is -2.34. The Morgan fingerprint density at radius 3 is 2.94 bits per heavy atom. The molecule has 3 aliphatic rings. The Balaban J connectivity index is 1.83. The lowest BCUT2D eigenvalue weighted by molar-refractivity contribution is 0.297. The van der Waals surface area contributed by atoms with Gasteiger partial charge in [-0.25, -0.2) is 0 Å². The molecule has 3 rings (SSSR count). The second kappa shape index (κ2) is 3.41. The number of hydrogen-bond donors (Lipinski definition) is 0. The predicted molar refractivity (Wildman–Crippen MR) is 76.5 cm³/mol. The summed E-state index contributed by atoms with van der Waals surface area (Å²) < 4.78 is 1.11. The van der Waals surface area contributed by atoms with Gasteiger partial charge in [0, 0.05) is 18.3 Å². The third-order valence-electron chi connectivity index (χ3n) is 5.15. The summed E-state index contributed by atoms with van der Waals surface area (Å²) in [5, 5.41) is 1.76. The van der Waals surface area contributed by atoms with Crippen molar-refractivity contribution in [1.29, 1.82) is 0 Å². The van der Waals surface area contributed by atoms with Gasteiger partial charge in [0.15, 0.2) is 0 Å². The highest BCUT2D eigenvalue weighted by Gasteiger charge is 2.62. The maximum Gasteiger partial charge on any atom is 0.136 e. The third-order valence-corrected chi connectivity index (χ3v) is 7.00. The van der Waals surface area contributed by atoms with Gasteiger partial charge in [0.05, 0.1) is 0 Å². The molecule has 1 aliphatic carbocycles. The molecule has 0 bridgehead atoms. The molecule has 87 valence electrons. The number of thioether (sulfide) groups is 1. The smallest absolute Gasteiger partial charge is 0.136 e. The predicted octanol–water partition coefficient (Wildman–Crippen LogP) is 3.34. The summed E-state index contributed by atoms with van der Waals surface area (Å²) in [4.78, 5) is 2.35. The number of thiocarbonyl (C=S) groups is 1. The zero-order chi connectivity index (χ0) is 11.6. The average Bonchev–Trinajstić information content (AvgIpc) is 2.59. The van der Waals surface area contributed by atoms with Crippen molar-refractivity contribution >= 4 is 35.6 Å². The molecule has 0 aromatic rings. The molecule has 3 unspecified atom stereocenters. The van der Waals surface area contributed by atoms with Crippen molar-refractivity contribution < 1.29 is 0 Å². The molecule has 0 amide bonds. The summed E-state index contributed by atoms with van der Waals surface area (Å²) >= 11 is 7.38. The van der Waals surface area contributed by atoms with Crippen molar-refractivity contribution in [3.63, 3.8) is 0 Å². The van der Waals surface area contributed by atoms with Gasteiger partial charge in [0.1, 0.15) is 11.6 Å². The lowest BCUT2D eigenvalue weighted by atomic mass is 9.82. The SMILES string of the molecule is CN1C(=S)S[C@H]2CC3(C)[B]C3(C)CCCC21. The summed E-state index contributed by atoms with van der Waals surface area (Å²) in [6, 6.07) is 0.702. The van der Waals surface area contributed by atoms with Crippen LogP contribution >= 0.6 is 24.0 Å². The van der Waals surface area contributed by atoms with Crippen LogP contribution in [0, 0.1) is 0 Å². The summed E-state index contributed by atoms with van der Waals surface area (Å²) in [6.45, 7) is 4.88. The first-order valence-electron chi connectivity index (χ1n) is 6.26. The maximum atomic E-state index is 5.44. The molecule has 2 heterocycles. The Bertz CT molecular complexity index is 348. The fraction of sp³-hybridized carbons (Fsp3) is 0.917. The van der Waals surface area contributed by atoms with E-state index in [1.807, 2.05) is 11.8 Å². The molecule has 3 fully saturated rings. The van der Waals surface area contributed by atoms with Crippen molar-refractivity contribution in [3.05, 3.63) is 0 Å². The number of fused-ring (bicyclic) bond motifs is 2. The average molecular weight is 252 g/mol. The van der Waals surface area contributed by atoms with E-state index in [0.29, 0.717) is 16.7 Å². The molecule has 1 nitrogen and oxygen atoms in total. The zero-order valence-corrected chi connectivity index (χ0v) is 12.0. The minimum atomic E-state index is 0.490. The highest BCUT2D eigenvalue weighted by atomic mass is 32.2. The van der Waals surface area contributed by atoms with Crippen LogP contribution in [-0.4, -0.2) is 34.8 Å². The molecule has 0 N–H and O–H groups in total. The van der Waals surface area contributed by atoms with Crippen LogP contribution in [0.15, 0.2) is 0 Å². The molecule has 1 radical (unpaired) electrons. The monoisotopic (exact) mass is 252 g/mol. The number of nitrogens with zero attached hydrogens (tertiary/aromatic N) is 1. The summed E-state index contributed by atoms with van der Waals surface area (Å²) in [5.41, 5.74) is 0. The van der Waals surface area contributed by atoms with Crippen LogP contribution in [0.1, 0.15) is 39.5 Å². The van der Waals surface area contributed by atoms with E-state index in [1.54, 1.807) is 0 Å². The maximum absolute atomic E-state index is 5.44. The highest BCUT2D eigenvalue weighted by molar-refractivity contribution is 8.23. The Kier molecular flexibility index (Phi) is 2.43. The lowest BCUT2D eigenvalue weighted by Gasteiger charge is -2.32. The fourth-order valence-electron chi connectivity index (χ4n) is 3.65. The number of rotatable bonds is 0. The summed E-state index contributed by atoms with van der Waals surface area (Å²) in [5.74, 6) is 0. The zero-order valence-electron chi connectivity index (χ0n) is 10.3. The van der Waals surface area contributed by atoms with E-state index in [0.717, 1.165) is 9.57 Å². The van der Waals surface area contributed by atoms with Crippen molar-refractivity contribution in [2.24, 2.45) is 0 Å². The standard InChI is InChI=1S/C12H19BNS2/c1-11-6-4-5-8-9(7-12(11,2)13-11)16-10(15)14(8)3/h8-9H,4-7H2,1-3H3/t8?,9-,11?,12?/m0/s1. The van der Waals surface area contributed by atoms with Crippen LogP contribution < -0.4 is 0 Å². The molecule has 4 atom stereocenters. The second-order valence-electron chi connectivity index (χ2n) is 6.18. The normalized spacial score (nSPS) is 51.2. The molecule has 2 saturated heterocycles. The third kappa shape index (κ3) is 1.48. The van der Waals surface area contributed by atoms with Gasteiger partial charge < -0.3 is 4.90 Å². The van der Waals surface area contributed by atoms with Crippen LogP contribution in [-0.2, 0) is 0 Å². The van der Waals surface area contributed by atoms with Crippen molar-refractivity contribution in [2.45, 2.75) is 61.5 Å². The van der Waals surface area contributed by atoms with E-state index < -0.39 is 0 Å². The topological polar surface area (TPSA) is 3.24 Å². The highest BCUT2D eigenvalue weighted by Crippen LogP contribution is 2.74. The number of hydrogen-bond acceptors (Lipinski definition) is 2. The Morgan fingerprint density at radius 2 is 2.19 bits per heavy atom. The molecule has 0 aromatic carbocycles. The van der Waals surface area contributed by atoms with Crippen LogP contribution in [0.25, 0.3) is 0 Å². The quantitative estimate of drug-likeness (QED) is 0.481. The first-order valence-corrected chi connectivity index (χ1v) is 7.55. The van der Waals surface area contributed by atoms with Gasteiger partial charge in [0.25, 0.3) is 0 Å². The molecule has 0 aromatic heterocycles. The van der Waals surface area contributed by atoms with Gasteiger partial charge in [0.2, 0.25) is 0 Å². The molecular weight excluding hydrogens is 233 g/mol. The first kappa shape index (κ1) is 11.4. The van der Waals surface area contributed by atoms with Gasteiger partial charge in [-0.2, -0.15) is 0 Å². The Labute approximate surface area is 109 Å². The van der Waals surface area contributed by atoms with Crippen molar-refractivity contribution in [1.82, 2.24) is 4.90 Å². The van der Waals surface area contributed by atoms with Gasteiger partial charge in [-0.05, 0) is 12.8 Å². The minimum Gasteiger partial charge on any atom is -0.356 e. The van der Waals surface area contributed by atoms with E-state index in [2.05, 4.69) is 33.1 Å². The van der Waals surface area contributed by atoms with Gasteiger partial charge in [-0.3, -0.25) is 0 Å². The minimum absolute atomic E-state index is 0.490. The van der Waals surface area contributed by atoms with E-state index >= 15 is 0 Å². The van der Waals surface area contributed by atoms with Crippen LogP contribution in [0.5, 0.6) is 0 Å². The summed E-state index contributed by atoms with van der Waals surface area (Å²) in [6.07, 6.45) is 5.38. The Morgan fingerprint density at radius 1 is 1.44 bits per heavy atom. The van der Waals surface area contributed by atoms with Crippen LogP contribution in [0.3, 0.4) is 0 Å². The van der Waals surface area contributed by atoms with Gasteiger partial charge >= 0.3 is 0 Å². The first-order chi connectivity index (χ1) is 7.45. The molecule has 0 spiro atoms. The molecule has 1 saturated carbocycles.